The predicted octanol–water partition coefficient (Wildman–Crippen LogP) is 3.01. The second-order valence-corrected chi connectivity index (χ2v) is 7.37. The van der Waals surface area contributed by atoms with Gasteiger partial charge in [-0.2, -0.15) is 5.10 Å². The van der Waals surface area contributed by atoms with Crippen LogP contribution in [0.15, 0.2) is 64.4 Å². The average molecular weight is 366 g/mol. The van der Waals surface area contributed by atoms with Gasteiger partial charge >= 0.3 is 0 Å². The minimum atomic E-state index is -3.71. The van der Waals surface area contributed by atoms with Gasteiger partial charge in [-0.1, -0.05) is 17.7 Å². The van der Waals surface area contributed by atoms with Gasteiger partial charge in [0.1, 0.15) is 11.8 Å². The summed E-state index contributed by atoms with van der Waals surface area (Å²) in [5.41, 5.74) is 0.514. The molecule has 0 amide bonds. The lowest BCUT2D eigenvalue weighted by atomic mass is 10.2. The Hall–Kier alpha value is -2.09. The normalized spacial score (nSPS) is 13.1. The lowest BCUT2D eigenvalue weighted by Gasteiger charge is -2.17. The van der Waals surface area contributed by atoms with Crippen molar-refractivity contribution in [3.63, 3.8) is 0 Å². The fourth-order valence-electron chi connectivity index (χ4n) is 2.42. The fourth-order valence-corrected chi connectivity index (χ4v) is 3.95. The van der Waals surface area contributed by atoms with Crippen LogP contribution >= 0.6 is 11.6 Å². The number of sulfonamides is 1. The van der Waals surface area contributed by atoms with E-state index in [9.17, 15) is 8.42 Å². The summed E-state index contributed by atoms with van der Waals surface area (Å²) in [5, 5.41) is 4.59. The Morgan fingerprint density at radius 3 is 2.79 bits per heavy atom. The van der Waals surface area contributed by atoms with Gasteiger partial charge in [-0.3, -0.25) is 4.68 Å². The third-order valence-electron chi connectivity index (χ3n) is 3.69. The van der Waals surface area contributed by atoms with Gasteiger partial charge in [0.2, 0.25) is 10.0 Å². The third-order valence-corrected chi connectivity index (χ3v) is 5.67. The smallest absolute Gasteiger partial charge is 0.240 e. The highest BCUT2D eigenvalue weighted by Gasteiger charge is 2.23. The topological polar surface area (TPSA) is 77.1 Å². The molecule has 6 nitrogen and oxygen atoms in total. The second kappa shape index (κ2) is 6.80. The molecule has 3 rings (SSSR count). The van der Waals surface area contributed by atoms with Crippen molar-refractivity contribution in [3.05, 3.63) is 71.4 Å². The summed E-state index contributed by atoms with van der Waals surface area (Å²) in [5.74, 6) is 0.615. The fraction of sp³-hybridized carbons (Fsp3) is 0.188. The van der Waals surface area contributed by atoms with Crippen LogP contribution in [0.3, 0.4) is 0 Å². The van der Waals surface area contributed by atoms with Gasteiger partial charge in [0.15, 0.2) is 0 Å². The first kappa shape index (κ1) is 16.8. The standard InChI is InChI=1S/C16H16ClN3O3S/c1-12-13(17)5-2-7-16(12)24(21,22)19-11-14(15-6-3-10-23-15)20-9-4-8-18-20/h2-10,14,19H,11H2,1H3. The molecule has 8 heteroatoms. The molecule has 2 aromatic heterocycles. The maximum Gasteiger partial charge on any atom is 0.240 e. The van der Waals surface area contributed by atoms with Crippen molar-refractivity contribution in [2.75, 3.05) is 6.54 Å². The molecule has 0 aliphatic rings. The van der Waals surface area contributed by atoms with Crippen LogP contribution in [0.1, 0.15) is 17.4 Å². The lowest BCUT2D eigenvalue weighted by Crippen LogP contribution is -2.32. The Balaban J connectivity index is 1.86. The van der Waals surface area contributed by atoms with Crippen molar-refractivity contribution in [1.29, 1.82) is 0 Å². The van der Waals surface area contributed by atoms with E-state index in [0.717, 1.165) is 0 Å². The zero-order chi connectivity index (χ0) is 17.2. The summed E-state index contributed by atoms with van der Waals surface area (Å²) < 4.78 is 34.9. The molecule has 1 N–H and O–H groups in total. The van der Waals surface area contributed by atoms with E-state index < -0.39 is 10.0 Å². The molecule has 1 unspecified atom stereocenters. The Bertz CT molecular complexity index is 872. The number of halogens is 1. The summed E-state index contributed by atoms with van der Waals surface area (Å²) in [6.07, 6.45) is 4.93. The number of furan rings is 1. The molecule has 24 heavy (non-hydrogen) atoms. The second-order valence-electron chi connectivity index (χ2n) is 5.23. The zero-order valence-corrected chi connectivity index (χ0v) is 14.5. The van der Waals surface area contributed by atoms with Gasteiger partial charge in [0.25, 0.3) is 0 Å². The van der Waals surface area contributed by atoms with Crippen LogP contribution in [0, 0.1) is 6.92 Å². The van der Waals surface area contributed by atoms with Gasteiger partial charge < -0.3 is 4.42 Å². The molecule has 2 heterocycles. The van der Waals surface area contributed by atoms with E-state index in [1.165, 1.54) is 6.07 Å². The summed E-state index contributed by atoms with van der Waals surface area (Å²) in [6.45, 7) is 1.78. The first-order chi connectivity index (χ1) is 11.5. The molecule has 0 bridgehead atoms. The van der Waals surface area contributed by atoms with Gasteiger partial charge in [-0.05, 0) is 42.8 Å². The highest BCUT2D eigenvalue weighted by atomic mass is 35.5. The minimum absolute atomic E-state index is 0.101. The molecular weight excluding hydrogens is 350 g/mol. The molecular formula is C16H16ClN3O3S. The number of nitrogens with one attached hydrogen (secondary N) is 1. The monoisotopic (exact) mass is 365 g/mol. The molecule has 0 fully saturated rings. The number of hydrogen-bond acceptors (Lipinski definition) is 4. The molecule has 0 aliphatic carbocycles. The number of hydrogen-bond donors (Lipinski definition) is 1. The van der Waals surface area contributed by atoms with E-state index in [1.807, 2.05) is 0 Å². The summed E-state index contributed by atoms with van der Waals surface area (Å²) in [4.78, 5) is 0.161. The van der Waals surface area contributed by atoms with Crippen molar-refractivity contribution >= 4 is 21.6 Å². The van der Waals surface area contributed by atoms with Crippen molar-refractivity contribution in [2.24, 2.45) is 0 Å². The predicted molar refractivity (Wildman–Crippen MR) is 90.5 cm³/mol. The van der Waals surface area contributed by atoms with Gasteiger partial charge in [-0.25, -0.2) is 13.1 Å². The van der Waals surface area contributed by atoms with Crippen LogP contribution in [-0.4, -0.2) is 24.7 Å². The molecule has 1 atom stereocenters. The van der Waals surface area contributed by atoms with Crippen molar-refractivity contribution in [3.8, 4) is 0 Å². The third kappa shape index (κ3) is 3.38. The van der Waals surface area contributed by atoms with Crippen LogP contribution < -0.4 is 4.72 Å². The van der Waals surface area contributed by atoms with E-state index in [-0.39, 0.29) is 17.5 Å². The number of rotatable bonds is 6. The van der Waals surface area contributed by atoms with Crippen molar-refractivity contribution in [2.45, 2.75) is 17.9 Å². The van der Waals surface area contributed by atoms with Gasteiger partial charge in [-0.15, -0.1) is 0 Å². The van der Waals surface area contributed by atoms with Crippen molar-refractivity contribution < 1.29 is 12.8 Å². The van der Waals surface area contributed by atoms with Crippen LogP contribution in [0.25, 0.3) is 0 Å². The van der Waals surface area contributed by atoms with E-state index in [4.69, 9.17) is 16.0 Å². The summed E-state index contributed by atoms with van der Waals surface area (Å²) in [7, 11) is -3.71. The van der Waals surface area contributed by atoms with Crippen molar-refractivity contribution in [1.82, 2.24) is 14.5 Å². The lowest BCUT2D eigenvalue weighted by molar-refractivity contribution is 0.402. The molecule has 3 aromatic rings. The molecule has 0 radical (unpaired) electrons. The SMILES string of the molecule is Cc1c(Cl)cccc1S(=O)(=O)NCC(c1ccco1)n1cccn1. The quantitative estimate of drug-likeness (QED) is 0.728. The van der Waals surface area contributed by atoms with Gasteiger partial charge in [0.05, 0.1) is 11.2 Å². The van der Waals surface area contributed by atoms with Crippen LogP contribution in [-0.2, 0) is 10.0 Å². The van der Waals surface area contributed by atoms with E-state index in [0.29, 0.717) is 16.3 Å². The molecule has 0 saturated heterocycles. The summed E-state index contributed by atoms with van der Waals surface area (Å²) >= 11 is 6.02. The Kier molecular flexibility index (Phi) is 4.75. The molecule has 0 spiro atoms. The largest absolute Gasteiger partial charge is 0.467 e. The maximum absolute atomic E-state index is 12.6. The Morgan fingerprint density at radius 1 is 1.29 bits per heavy atom. The molecule has 0 aliphatic heterocycles. The van der Waals surface area contributed by atoms with Crippen LogP contribution in [0.5, 0.6) is 0 Å². The highest BCUT2D eigenvalue weighted by molar-refractivity contribution is 7.89. The summed E-state index contributed by atoms with van der Waals surface area (Å²) in [6, 6.07) is 9.72. The van der Waals surface area contributed by atoms with E-state index in [2.05, 4.69) is 9.82 Å². The highest BCUT2D eigenvalue weighted by Crippen LogP contribution is 2.23. The Morgan fingerprint density at radius 2 is 2.12 bits per heavy atom. The average Bonchev–Trinajstić information content (AvgIpc) is 3.24. The van der Waals surface area contributed by atoms with Crippen LogP contribution in [0.4, 0.5) is 0 Å². The number of aromatic nitrogens is 2. The minimum Gasteiger partial charge on any atom is -0.467 e. The zero-order valence-electron chi connectivity index (χ0n) is 12.9. The van der Waals surface area contributed by atoms with Gasteiger partial charge in [0, 0.05) is 24.0 Å². The number of benzene rings is 1. The molecule has 0 saturated carbocycles. The van der Waals surface area contributed by atoms with E-state index >= 15 is 0 Å². The van der Waals surface area contributed by atoms with E-state index in [1.54, 1.807) is 60.6 Å². The first-order valence-electron chi connectivity index (χ1n) is 7.26. The molecule has 1 aromatic carbocycles. The maximum atomic E-state index is 12.6. The number of nitrogens with zero attached hydrogens (tertiary/aromatic N) is 2. The first-order valence-corrected chi connectivity index (χ1v) is 9.12. The Labute approximate surface area is 145 Å². The van der Waals surface area contributed by atoms with Crippen LogP contribution in [0.2, 0.25) is 5.02 Å². The molecule has 126 valence electrons.